The first-order valence-electron chi connectivity index (χ1n) is 12.4. The SMILES string of the molecule is CC[C@H]1CCCC[C@@H](C)C(=O)C2=CC3C(c4nc(C)sc4C4CCC[C@H]43)[C@@H]2CC(=O)O1. The van der Waals surface area contributed by atoms with Gasteiger partial charge in [0.1, 0.15) is 6.10 Å². The molecule has 1 aromatic heterocycles. The number of aryl methyl sites for hydroxylation is 1. The molecule has 2 heterocycles. The van der Waals surface area contributed by atoms with Gasteiger partial charge in [-0.3, -0.25) is 9.59 Å². The number of hydrogen-bond acceptors (Lipinski definition) is 5. The average Bonchev–Trinajstić information content (AvgIpc) is 3.45. The number of fused-ring (bicyclic) bond motifs is 8. The number of nitrogens with zero attached hydrogens (tertiary/aromatic N) is 1. The molecular formula is C26H35NO3S. The molecule has 4 aliphatic rings. The van der Waals surface area contributed by atoms with Crippen molar-refractivity contribution in [2.75, 3.05) is 0 Å². The molecule has 5 rings (SSSR count). The van der Waals surface area contributed by atoms with Gasteiger partial charge in [-0.05, 0) is 68.8 Å². The van der Waals surface area contributed by atoms with Crippen LogP contribution in [0.25, 0.3) is 0 Å². The van der Waals surface area contributed by atoms with Crippen LogP contribution in [0.2, 0.25) is 0 Å². The fourth-order valence-electron chi connectivity index (χ4n) is 6.90. The molecule has 7 atom stereocenters. The zero-order valence-corrected chi connectivity index (χ0v) is 19.9. The second kappa shape index (κ2) is 8.46. The molecule has 3 unspecified atom stereocenters. The van der Waals surface area contributed by atoms with Gasteiger partial charge in [0.2, 0.25) is 0 Å². The van der Waals surface area contributed by atoms with Gasteiger partial charge in [0.25, 0.3) is 0 Å². The highest BCUT2D eigenvalue weighted by molar-refractivity contribution is 7.11. The topological polar surface area (TPSA) is 56.3 Å². The third-order valence-corrected chi connectivity index (χ3v) is 9.53. The normalized spacial score (nSPS) is 38.2. The van der Waals surface area contributed by atoms with E-state index in [1.807, 2.05) is 11.3 Å². The summed E-state index contributed by atoms with van der Waals surface area (Å²) in [5.74, 6) is 1.78. The van der Waals surface area contributed by atoms with Crippen LogP contribution in [0, 0.1) is 30.6 Å². The van der Waals surface area contributed by atoms with E-state index in [4.69, 9.17) is 9.72 Å². The maximum Gasteiger partial charge on any atom is 0.306 e. The Labute approximate surface area is 189 Å². The van der Waals surface area contributed by atoms with Crippen LogP contribution in [0.15, 0.2) is 11.6 Å². The molecule has 0 bridgehead atoms. The Morgan fingerprint density at radius 3 is 2.71 bits per heavy atom. The summed E-state index contributed by atoms with van der Waals surface area (Å²) >= 11 is 1.85. The number of esters is 1. The fourth-order valence-corrected chi connectivity index (χ4v) is 8.09. The van der Waals surface area contributed by atoms with Gasteiger partial charge in [0.15, 0.2) is 5.78 Å². The van der Waals surface area contributed by atoms with E-state index in [1.165, 1.54) is 29.8 Å². The fraction of sp³-hybridized carbons (Fsp3) is 0.731. The van der Waals surface area contributed by atoms with E-state index < -0.39 is 0 Å². The number of allylic oxidation sites excluding steroid dienone is 2. The number of cyclic esters (lactones) is 1. The molecule has 0 radical (unpaired) electrons. The van der Waals surface area contributed by atoms with Crippen LogP contribution in [0.3, 0.4) is 0 Å². The molecule has 3 aliphatic carbocycles. The monoisotopic (exact) mass is 441 g/mol. The summed E-state index contributed by atoms with van der Waals surface area (Å²) in [4.78, 5) is 33.1. The lowest BCUT2D eigenvalue weighted by Gasteiger charge is -2.37. The molecular weight excluding hydrogens is 406 g/mol. The Morgan fingerprint density at radius 1 is 1.10 bits per heavy atom. The van der Waals surface area contributed by atoms with Crippen molar-refractivity contribution in [3.8, 4) is 0 Å². The maximum atomic E-state index is 13.6. The zero-order chi connectivity index (χ0) is 21.7. The molecule has 1 aliphatic heterocycles. The summed E-state index contributed by atoms with van der Waals surface area (Å²) in [6.45, 7) is 6.28. The lowest BCUT2D eigenvalue weighted by Crippen LogP contribution is -2.32. The van der Waals surface area contributed by atoms with Crippen molar-refractivity contribution in [1.82, 2.24) is 4.98 Å². The predicted molar refractivity (Wildman–Crippen MR) is 122 cm³/mol. The molecule has 1 saturated heterocycles. The minimum atomic E-state index is -0.133. The molecule has 0 N–H and O–H groups in total. The van der Waals surface area contributed by atoms with E-state index in [1.54, 1.807) is 0 Å². The summed E-state index contributed by atoms with van der Waals surface area (Å²) in [7, 11) is 0. The summed E-state index contributed by atoms with van der Waals surface area (Å²) < 4.78 is 5.91. The van der Waals surface area contributed by atoms with E-state index in [9.17, 15) is 9.59 Å². The van der Waals surface area contributed by atoms with Crippen LogP contribution in [0.5, 0.6) is 0 Å². The van der Waals surface area contributed by atoms with E-state index in [-0.39, 0.29) is 35.6 Å². The number of aromatic nitrogens is 1. The smallest absolute Gasteiger partial charge is 0.306 e. The van der Waals surface area contributed by atoms with Crippen LogP contribution in [-0.4, -0.2) is 22.8 Å². The minimum Gasteiger partial charge on any atom is -0.462 e. The predicted octanol–water partition coefficient (Wildman–Crippen LogP) is 6.10. The van der Waals surface area contributed by atoms with E-state index >= 15 is 0 Å². The Bertz CT molecular complexity index is 902. The van der Waals surface area contributed by atoms with Crippen LogP contribution in [0.4, 0.5) is 0 Å². The van der Waals surface area contributed by atoms with Gasteiger partial charge in [0.05, 0.1) is 17.1 Å². The third-order valence-electron chi connectivity index (χ3n) is 8.41. The van der Waals surface area contributed by atoms with Crippen LogP contribution >= 0.6 is 11.3 Å². The molecule has 1 saturated carbocycles. The van der Waals surface area contributed by atoms with E-state index in [2.05, 4.69) is 26.8 Å². The molecule has 5 heteroatoms. The first-order valence-corrected chi connectivity index (χ1v) is 13.2. The van der Waals surface area contributed by atoms with Crippen molar-refractivity contribution in [2.45, 2.75) is 96.5 Å². The first-order chi connectivity index (χ1) is 15.0. The largest absolute Gasteiger partial charge is 0.462 e. The van der Waals surface area contributed by atoms with Gasteiger partial charge in [0, 0.05) is 22.6 Å². The highest BCUT2D eigenvalue weighted by Crippen LogP contribution is 2.61. The van der Waals surface area contributed by atoms with Crippen molar-refractivity contribution in [3.05, 3.63) is 27.2 Å². The summed E-state index contributed by atoms with van der Waals surface area (Å²) in [5, 5.41) is 1.12. The Balaban J connectivity index is 1.55. The highest BCUT2D eigenvalue weighted by Gasteiger charge is 2.53. The number of hydrogen-bond donors (Lipinski definition) is 0. The van der Waals surface area contributed by atoms with Crippen molar-refractivity contribution in [3.63, 3.8) is 0 Å². The molecule has 2 fully saturated rings. The highest BCUT2D eigenvalue weighted by atomic mass is 32.1. The number of Topliss-reactive ketones (excluding diaryl/α,β-unsaturated/α-hetero) is 1. The maximum absolute atomic E-state index is 13.6. The summed E-state index contributed by atoms with van der Waals surface area (Å²) in [5.41, 5.74) is 2.11. The summed E-state index contributed by atoms with van der Waals surface area (Å²) in [6.07, 6.45) is 11.1. The number of ketones is 1. The van der Waals surface area contributed by atoms with E-state index in [0.717, 1.165) is 42.7 Å². The number of carbonyl (C=O) groups excluding carboxylic acids is 2. The van der Waals surface area contributed by atoms with Crippen molar-refractivity contribution >= 4 is 23.1 Å². The van der Waals surface area contributed by atoms with Crippen molar-refractivity contribution in [2.24, 2.45) is 23.7 Å². The number of carbonyl (C=O) groups is 2. The van der Waals surface area contributed by atoms with E-state index in [0.29, 0.717) is 24.2 Å². The second-order valence-electron chi connectivity index (χ2n) is 10.3. The van der Waals surface area contributed by atoms with Crippen LogP contribution < -0.4 is 0 Å². The molecule has 1 aromatic rings. The number of thiazole rings is 1. The zero-order valence-electron chi connectivity index (χ0n) is 19.1. The minimum absolute atomic E-state index is 0.00482. The Hall–Kier alpha value is -1.49. The lowest BCUT2D eigenvalue weighted by molar-refractivity contribution is -0.150. The standard InChI is InChI=1S/C26H35NO3S/c1-4-16-9-6-5-8-14(2)25(29)21-12-19-17-10-7-11-18(17)26-24(27-15(3)31-26)23(19)20(21)13-22(28)30-16/h12,14,16-20,23H,4-11,13H2,1-3H3/t14-,16+,17-,18?,19?,20-,23?/m1/s1. The Morgan fingerprint density at radius 2 is 1.90 bits per heavy atom. The van der Waals surface area contributed by atoms with Crippen LogP contribution in [-0.2, 0) is 14.3 Å². The van der Waals surface area contributed by atoms with Crippen molar-refractivity contribution in [1.29, 1.82) is 0 Å². The quantitative estimate of drug-likeness (QED) is 0.494. The Kier molecular flexibility index (Phi) is 5.83. The molecule has 4 nitrogen and oxygen atoms in total. The summed E-state index contributed by atoms with van der Waals surface area (Å²) in [6, 6.07) is 0. The first kappa shape index (κ1) is 21.4. The molecule has 0 aromatic carbocycles. The lowest BCUT2D eigenvalue weighted by atomic mass is 9.67. The average molecular weight is 442 g/mol. The molecule has 0 spiro atoms. The number of rotatable bonds is 1. The molecule has 168 valence electrons. The van der Waals surface area contributed by atoms with Gasteiger partial charge < -0.3 is 4.74 Å². The van der Waals surface area contributed by atoms with Gasteiger partial charge in [-0.15, -0.1) is 11.3 Å². The molecule has 31 heavy (non-hydrogen) atoms. The molecule has 0 amide bonds. The third kappa shape index (κ3) is 3.71. The van der Waals surface area contributed by atoms with Crippen LogP contribution in [0.1, 0.15) is 99.0 Å². The van der Waals surface area contributed by atoms with Gasteiger partial charge in [-0.25, -0.2) is 4.98 Å². The van der Waals surface area contributed by atoms with Gasteiger partial charge in [-0.1, -0.05) is 32.8 Å². The van der Waals surface area contributed by atoms with Crippen molar-refractivity contribution < 1.29 is 14.3 Å². The van der Waals surface area contributed by atoms with Gasteiger partial charge >= 0.3 is 5.97 Å². The second-order valence-corrected chi connectivity index (χ2v) is 11.5. The number of ether oxygens (including phenoxy) is 1. The van der Waals surface area contributed by atoms with Gasteiger partial charge in [-0.2, -0.15) is 0 Å².